The molecular formula is C12H19NO. The molecule has 0 radical (unpaired) electrons. The third-order valence-electron chi connectivity index (χ3n) is 3.56. The van der Waals surface area contributed by atoms with E-state index in [2.05, 4.69) is 5.92 Å². The Morgan fingerprint density at radius 3 is 2.93 bits per heavy atom. The topological polar surface area (TPSA) is 35.2 Å². The molecule has 0 saturated carbocycles. The van der Waals surface area contributed by atoms with Gasteiger partial charge in [-0.15, -0.1) is 12.3 Å². The number of fused-ring (bicyclic) bond motifs is 2. The summed E-state index contributed by atoms with van der Waals surface area (Å²) in [6, 6.07) is 0.304. The van der Waals surface area contributed by atoms with Gasteiger partial charge in [0.15, 0.2) is 0 Å². The highest BCUT2D eigenvalue weighted by Gasteiger charge is 2.42. The molecule has 2 nitrogen and oxygen atoms in total. The Kier molecular flexibility index (Phi) is 3.10. The van der Waals surface area contributed by atoms with Gasteiger partial charge in [-0.3, -0.25) is 0 Å². The van der Waals surface area contributed by atoms with Gasteiger partial charge in [-0.25, -0.2) is 0 Å². The molecule has 0 aromatic rings. The molecule has 0 aliphatic carbocycles. The van der Waals surface area contributed by atoms with Gasteiger partial charge in [0.1, 0.15) is 0 Å². The average Bonchev–Trinajstić information content (AvgIpc) is 2.79. The zero-order valence-electron chi connectivity index (χ0n) is 8.61. The molecule has 0 aromatic carbocycles. The van der Waals surface area contributed by atoms with Crippen LogP contribution in [-0.2, 0) is 4.74 Å². The van der Waals surface area contributed by atoms with Crippen LogP contribution >= 0.6 is 0 Å². The van der Waals surface area contributed by atoms with Crippen LogP contribution in [-0.4, -0.2) is 18.2 Å². The highest BCUT2D eigenvalue weighted by atomic mass is 16.5. The van der Waals surface area contributed by atoms with Gasteiger partial charge in [0.25, 0.3) is 0 Å². The van der Waals surface area contributed by atoms with Crippen LogP contribution in [0.1, 0.15) is 38.5 Å². The van der Waals surface area contributed by atoms with Gasteiger partial charge < -0.3 is 10.5 Å². The maximum Gasteiger partial charge on any atom is 0.0623 e. The van der Waals surface area contributed by atoms with E-state index in [1.54, 1.807) is 0 Å². The Labute approximate surface area is 86.2 Å². The number of hydrogen-bond acceptors (Lipinski definition) is 2. The zero-order valence-corrected chi connectivity index (χ0v) is 8.61. The lowest BCUT2D eigenvalue weighted by Crippen LogP contribution is -2.36. The summed E-state index contributed by atoms with van der Waals surface area (Å²) in [6.45, 7) is 0. The predicted octanol–water partition coefficient (Wildman–Crippen LogP) is 1.68. The fourth-order valence-electron chi connectivity index (χ4n) is 2.78. The van der Waals surface area contributed by atoms with E-state index < -0.39 is 0 Å². The Morgan fingerprint density at radius 2 is 2.36 bits per heavy atom. The Bertz CT molecular complexity index is 233. The van der Waals surface area contributed by atoms with Gasteiger partial charge in [-0.1, -0.05) is 0 Å². The third kappa shape index (κ3) is 1.94. The summed E-state index contributed by atoms with van der Waals surface area (Å²) in [5.74, 6) is 3.26. The second-order valence-electron chi connectivity index (χ2n) is 4.53. The predicted molar refractivity (Wildman–Crippen MR) is 56.7 cm³/mol. The molecule has 4 unspecified atom stereocenters. The minimum Gasteiger partial charge on any atom is -0.375 e. The minimum atomic E-state index is 0.304. The number of unbranched alkanes of at least 4 members (excludes halogenated alkanes) is 1. The Morgan fingerprint density at radius 1 is 1.50 bits per heavy atom. The van der Waals surface area contributed by atoms with Gasteiger partial charge in [0.2, 0.25) is 0 Å². The van der Waals surface area contributed by atoms with Gasteiger partial charge in [-0.05, 0) is 32.1 Å². The Balaban J connectivity index is 1.76. The maximum absolute atomic E-state index is 6.16. The van der Waals surface area contributed by atoms with E-state index in [1.807, 2.05) is 0 Å². The fourth-order valence-corrected chi connectivity index (χ4v) is 2.78. The van der Waals surface area contributed by atoms with E-state index in [1.165, 1.54) is 19.3 Å². The van der Waals surface area contributed by atoms with Crippen LogP contribution in [0.15, 0.2) is 0 Å². The van der Waals surface area contributed by atoms with E-state index in [0.29, 0.717) is 24.2 Å². The minimum absolute atomic E-state index is 0.304. The summed E-state index contributed by atoms with van der Waals surface area (Å²) >= 11 is 0. The largest absolute Gasteiger partial charge is 0.375 e. The summed E-state index contributed by atoms with van der Waals surface area (Å²) in [5, 5.41) is 0. The number of rotatable bonds is 4. The molecule has 14 heavy (non-hydrogen) atoms. The van der Waals surface area contributed by atoms with Crippen molar-refractivity contribution in [1.29, 1.82) is 0 Å². The van der Waals surface area contributed by atoms with Crippen molar-refractivity contribution in [2.75, 3.05) is 0 Å². The lowest BCUT2D eigenvalue weighted by atomic mass is 9.82. The molecule has 2 aliphatic heterocycles. The van der Waals surface area contributed by atoms with Crippen molar-refractivity contribution in [3.63, 3.8) is 0 Å². The standard InChI is InChI=1S/C12H19NO/c1-2-3-4-5-11(13)10-8-9-6-7-12(10)14-9/h1,9-12H,3-8,13H2. The van der Waals surface area contributed by atoms with Crippen molar-refractivity contribution >= 4 is 0 Å². The Hall–Kier alpha value is -0.520. The first-order valence-electron chi connectivity index (χ1n) is 5.65. The first-order chi connectivity index (χ1) is 6.81. The molecule has 2 saturated heterocycles. The van der Waals surface area contributed by atoms with Gasteiger partial charge in [0, 0.05) is 18.4 Å². The first-order valence-corrected chi connectivity index (χ1v) is 5.65. The molecule has 2 fully saturated rings. The van der Waals surface area contributed by atoms with Crippen LogP contribution in [0.4, 0.5) is 0 Å². The van der Waals surface area contributed by atoms with Crippen molar-refractivity contribution in [2.45, 2.75) is 56.8 Å². The second kappa shape index (κ2) is 4.33. The zero-order chi connectivity index (χ0) is 9.97. The second-order valence-corrected chi connectivity index (χ2v) is 4.53. The van der Waals surface area contributed by atoms with Gasteiger partial charge in [0.05, 0.1) is 12.2 Å². The summed E-state index contributed by atoms with van der Waals surface area (Å²) in [6.07, 6.45) is 12.8. The van der Waals surface area contributed by atoms with E-state index in [4.69, 9.17) is 16.9 Å². The summed E-state index contributed by atoms with van der Waals surface area (Å²) in [7, 11) is 0. The molecule has 2 aliphatic rings. The molecular weight excluding hydrogens is 174 g/mol. The summed E-state index contributed by atoms with van der Waals surface area (Å²) < 4.78 is 5.79. The van der Waals surface area contributed by atoms with Crippen molar-refractivity contribution < 1.29 is 4.74 Å². The fraction of sp³-hybridized carbons (Fsp3) is 0.833. The van der Waals surface area contributed by atoms with Crippen molar-refractivity contribution in [3.8, 4) is 12.3 Å². The highest BCUT2D eigenvalue weighted by molar-refractivity contribution is 4.94. The molecule has 4 atom stereocenters. The van der Waals surface area contributed by atoms with Crippen molar-refractivity contribution in [3.05, 3.63) is 0 Å². The van der Waals surface area contributed by atoms with Crippen molar-refractivity contribution in [1.82, 2.24) is 0 Å². The average molecular weight is 193 g/mol. The molecule has 0 amide bonds. The SMILES string of the molecule is C#CCCCC(N)C1CC2CCC1O2. The lowest BCUT2D eigenvalue weighted by Gasteiger charge is -2.24. The van der Waals surface area contributed by atoms with Crippen LogP contribution < -0.4 is 5.73 Å². The molecule has 0 aromatic heterocycles. The molecule has 2 rings (SSSR count). The van der Waals surface area contributed by atoms with Crippen LogP contribution in [0.3, 0.4) is 0 Å². The molecule has 2 bridgehead atoms. The monoisotopic (exact) mass is 193 g/mol. The normalized spacial score (nSPS) is 37.0. The van der Waals surface area contributed by atoms with E-state index in [0.717, 1.165) is 19.3 Å². The van der Waals surface area contributed by atoms with Crippen LogP contribution in [0.5, 0.6) is 0 Å². The lowest BCUT2D eigenvalue weighted by molar-refractivity contribution is 0.0878. The molecule has 2 heterocycles. The number of hydrogen-bond donors (Lipinski definition) is 1. The van der Waals surface area contributed by atoms with Gasteiger partial charge in [-0.2, -0.15) is 0 Å². The molecule has 2 heteroatoms. The van der Waals surface area contributed by atoms with E-state index in [-0.39, 0.29) is 0 Å². The molecule has 2 N–H and O–H groups in total. The molecule has 0 spiro atoms. The van der Waals surface area contributed by atoms with Gasteiger partial charge >= 0.3 is 0 Å². The third-order valence-corrected chi connectivity index (χ3v) is 3.56. The van der Waals surface area contributed by atoms with E-state index in [9.17, 15) is 0 Å². The number of ether oxygens (including phenoxy) is 1. The van der Waals surface area contributed by atoms with Crippen LogP contribution in [0.25, 0.3) is 0 Å². The number of nitrogens with two attached hydrogens (primary N) is 1. The van der Waals surface area contributed by atoms with E-state index >= 15 is 0 Å². The smallest absolute Gasteiger partial charge is 0.0623 e. The van der Waals surface area contributed by atoms with Crippen LogP contribution in [0, 0.1) is 18.3 Å². The maximum atomic E-state index is 6.16. The first kappa shape index (κ1) is 10.0. The quantitative estimate of drug-likeness (QED) is 0.544. The van der Waals surface area contributed by atoms with Crippen LogP contribution in [0.2, 0.25) is 0 Å². The highest BCUT2D eigenvalue weighted by Crippen LogP contribution is 2.40. The summed E-state index contributed by atoms with van der Waals surface area (Å²) in [4.78, 5) is 0. The summed E-state index contributed by atoms with van der Waals surface area (Å²) in [5.41, 5.74) is 6.16. The van der Waals surface area contributed by atoms with Crippen molar-refractivity contribution in [2.24, 2.45) is 11.7 Å². The number of terminal acetylenes is 1. The molecule has 78 valence electrons.